The summed E-state index contributed by atoms with van der Waals surface area (Å²) in [5.41, 5.74) is 0.314. The second-order valence-electron chi connectivity index (χ2n) is 2.50. The molecule has 1 aliphatic heterocycles. The molecule has 1 aliphatic rings. The molecular formula is C8H14OS. The molecule has 58 valence electrons. The van der Waals surface area contributed by atoms with E-state index in [4.69, 9.17) is 4.74 Å². The first-order chi connectivity index (χ1) is 4.83. The zero-order valence-corrected chi connectivity index (χ0v) is 7.36. The summed E-state index contributed by atoms with van der Waals surface area (Å²) in [7, 11) is 0. The van der Waals surface area contributed by atoms with Gasteiger partial charge in [-0.25, -0.2) is 0 Å². The van der Waals surface area contributed by atoms with E-state index in [2.05, 4.69) is 19.1 Å². The lowest BCUT2D eigenvalue weighted by Crippen LogP contribution is -2.19. The second kappa shape index (κ2) is 4.04. The molecule has 0 saturated carbocycles. The summed E-state index contributed by atoms with van der Waals surface area (Å²) in [5, 5.41) is 0.759. The Kier molecular flexibility index (Phi) is 3.29. The molecule has 0 aromatic carbocycles. The van der Waals surface area contributed by atoms with Crippen molar-refractivity contribution in [2.24, 2.45) is 0 Å². The predicted octanol–water partition coefficient (Wildman–Crippen LogP) is 2.43. The van der Waals surface area contributed by atoms with E-state index in [1.54, 1.807) is 0 Å². The molecule has 1 fully saturated rings. The van der Waals surface area contributed by atoms with E-state index in [9.17, 15) is 0 Å². The van der Waals surface area contributed by atoms with E-state index in [1.165, 1.54) is 6.42 Å². The van der Waals surface area contributed by atoms with Crippen LogP contribution in [-0.2, 0) is 4.74 Å². The second-order valence-corrected chi connectivity index (χ2v) is 4.04. The van der Waals surface area contributed by atoms with E-state index >= 15 is 0 Å². The van der Waals surface area contributed by atoms with Crippen LogP contribution in [0.3, 0.4) is 0 Å². The lowest BCUT2D eigenvalue weighted by atomic mass is 10.3. The van der Waals surface area contributed by atoms with Crippen LogP contribution in [0.15, 0.2) is 12.2 Å². The van der Waals surface area contributed by atoms with Gasteiger partial charge in [0.1, 0.15) is 5.44 Å². The quantitative estimate of drug-likeness (QED) is 0.542. The third-order valence-electron chi connectivity index (χ3n) is 1.52. The number of ether oxygens (including phenoxy) is 1. The number of hydrogen-bond acceptors (Lipinski definition) is 2. The molecule has 1 nitrogen and oxygen atoms in total. The molecule has 0 N–H and O–H groups in total. The third kappa shape index (κ3) is 2.35. The van der Waals surface area contributed by atoms with Crippen LogP contribution in [0.4, 0.5) is 0 Å². The highest BCUT2D eigenvalue weighted by Gasteiger charge is 2.16. The first kappa shape index (κ1) is 8.15. The standard InChI is InChI=1S/C8H14OS/c1-3-4-8-9-6-5-7(2)10-8/h3-4,7-8H,5-6H2,1-2H3/b4-3+. The minimum Gasteiger partial charge on any atom is -0.363 e. The van der Waals surface area contributed by atoms with Gasteiger partial charge in [0.2, 0.25) is 0 Å². The van der Waals surface area contributed by atoms with E-state index in [-0.39, 0.29) is 0 Å². The van der Waals surface area contributed by atoms with Crippen molar-refractivity contribution in [3.8, 4) is 0 Å². The van der Waals surface area contributed by atoms with Crippen LogP contribution in [0.5, 0.6) is 0 Å². The molecule has 0 aliphatic carbocycles. The summed E-state index contributed by atoms with van der Waals surface area (Å²) in [4.78, 5) is 0. The van der Waals surface area contributed by atoms with Crippen molar-refractivity contribution in [2.75, 3.05) is 6.61 Å². The van der Waals surface area contributed by atoms with Gasteiger partial charge in [-0.05, 0) is 13.3 Å². The summed E-state index contributed by atoms with van der Waals surface area (Å²) >= 11 is 1.90. The van der Waals surface area contributed by atoms with Gasteiger partial charge in [0.25, 0.3) is 0 Å². The van der Waals surface area contributed by atoms with E-state index in [0.29, 0.717) is 5.44 Å². The minimum atomic E-state index is 0.314. The van der Waals surface area contributed by atoms with Crippen LogP contribution in [-0.4, -0.2) is 17.3 Å². The van der Waals surface area contributed by atoms with E-state index in [1.807, 2.05) is 18.7 Å². The summed E-state index contributed by atoms with van der Waals surface area (Å²) in [6.45, 7) is 5.20. The summed E-state index contributed by atoms with van der Waals surface area (Å²) in [6.07, 6.45) is 5.36. The Morgan fingerprint density at radius 3 is 3.00 bits per heavy atom. The smallest absolute Gasteiger partial charge is 0.121 e. The summed E-state index contributed by atoms with van der Waals surface area (Å²) in [5.74, 6) is 0. The molecule has 0 amide bonds. The highest BCUT2D eigenvalue weighted by atomic mass is 32.2. The largest absolute Gasteiger partial charge is 0.363 e. The number of thioether (sulfide) groups is 1. The Hall–Kier alpha value is 0.0500. The maximum atomic E-state index is 5.46. The monoisotopic (exact) mass is 158 g/mol. The topological polar surface area (TPSA) is 9.23 Å². The molecule has 0 aromatic heterocycles. The Bertz CT molecular complexity index is 122. The van der Waals surface area contributed by atoms with Gasteiger partial charge in [0.05, 0.1) is 0 Å². The van der Waals surface area contributed by atoms with Crippen molar-refractivity contribution in [1.82, 2.24) is 0 Å². The van der Waals surface area contributed by atoms with Gasteiger partial charge in [0, 0.05) is 11.9 Å². The molecule has 2 atom stereocenters. The molecule has 1 rings (SSSR count). The van der Waals surface area contributed by atoms with Crippen molar-refractivity contribution in [3.63, 3.8) is 0 Å². The molecular weight excluding hydrogens is 144 g/mol. The fourth-order valence-corrected chi connectivity index (χ4v) is 2.06. The maximum absolute atomic E-state index is 5.46. The van der Waals surface area contributed by atoms with Crippen molar-refractivity contribution in [1.29, 1.82) is 0 Å². The Labute approximate surface area is 66.8 Å². The lowest BCUT2D eigenvalue weighted by Gasteiger charge is -2.24. The molecule has 0 aromatic rings. The molecule has 1 heterocycles. The van der Waals surface area contributed by atoms with Crippen molar-refractivity contribution in [3.05, 3.63) is 12.2 Å². The molecule has 1 saturated heterocycles. The Morgan fingerprint density at radius 1 is 1.60 bits per heavy atom. The van der Waals surface area contributed by atoms with Crippen LogP contribution < -0.4 is 0 Å². The van der Waals surface area contributed by atoms with Crippen LogP contribution in [0.2, 0.25) is 0 Å². The normalized spacial score (nSPS) is 35.0. The van der Waals surface area contributed by atoms with Gasteiger partial charge in [-0.15, -0.1) is 11.8 Å². The molecule has 2 unspecified atom stereocenters. The SMILES string of the molecule is C/C=C/C1OCCC(C)S1. The lowest BCUT2D eigenvalue weighted by molar-refractivity contribution is 0.128. The fourth-order valence-electron chi connectivity index (χ4n) is 0.944. The van der Waals surface area contributed by atoms with Crippen LogP contribution in [0.1, 0.15) is 20.3 Å². The number of rotatable bonds is 1. The molecule has 0 radical (unpaired) electrons. The molecule has 0 bridgehead atoms. The minimum absolute atomic E-state index is 0.314. The van der Waals surface area contributed by atoms with Crippen molar-refractivity contribution < 1.29 is 4.74 Å². The number of hydrogen-bond donors (Lipinski definition) is 0. The highest BCUT2D eigenvalue weighted by Crippen LogP contribution is 2.27. The van der Waals surface area contributed by atoms with Crippen LogP contribution >= 0.6 is 11.8 Å². The first-order valence-electron chi connectivity index (χ1n) is 3.73. The zero-order valence-electron chi connectivity index (χ0n) is 6.54. The Morgan fingerprint density at radius 2 is 2.40 bits per heavy atom. The molecule has 2 heteroatoms. The summed E-state index contributed by atoms with van der Waals surface area (Å²) < 4.78 is 5.46. The maximum Gasteiger partial charge on any atom is 0.121 e. The van der Waals surface area contributed by atoms with Gasteiger partial charge in [-0.2, -0.15) is 0 Å². The van der Waals surface area contributed by atoms with Gasteiger partial charge in [-0.3, -0.25) is 0 Å². The van der Waals surface area contributed by atoms with E-state index < -0.39 is 0 Å². The zero-order chi connectivity index (χ0) is 7.40. The molecule has 10 heavy (non-hydrogen) atoms. The third-order valence-corrected chi connectivity index (χ3v) is 2.78. The van der Waals surface area contributed by atoms with Gasteiger partial charge < -0.3 is 4.74 Å². The van der Waals surface area contributed by atoms with Crippen molar-refractivity contribution in [2.45, 2.75) is 31.0 Å². The highest BCUT2D eigenvalue weighted by molar-refractivity contribution is 8.00. The number of allylic oxidation sites excluding steroid dienone is 1. The van der Waals surface area contributed by atoms with Gasteiger partial charge >= 0.3 is 0 Å². The first-order valence-corrected chi connectivity index (χ1v) is 4.67. The van der Waals surface area contributed by atoms with Gasteiger partial charge in [0.15, 0.2) is 0 Å². The van der Waals surface area contributed by atoms with Gasteiger partial charge in [-0.1, -0.05) is 19.1 Å². The van der Waals surface area contributed by atoms with E-state index in [0.717, 1.165) is 11.9 Å². The average Bonchev–Trinajstić information content (AvgIpc) is 1.88. The molecule has 0 spiro atoms. The van der Waals surface area contributed by atoms with Crippen LogP contribution in [0, 0.1) is 0 Å². The van der Waals surface area contributed by atoms with Crippen LogP contribution in [0.25, 0.3) is 0 Å². The summed E-state index contributed by atoms with van der Waals surface area (Å²) in [6, 6.07) is 0. The Balaban J connectivity index is 2.32. The predicted molar refractivity (Wildman–Crippen MR) is 46.2 cm³/mol. The average molecular weight is 158 g/mol. The van der Waals surface area contributed by atoms with Crippen molar-refractivity contribution >= 4 is 11.8 Å². The fraction of sp³-hybridized carbons (Fsp3) is 0.750.